The van der Waals surface area contributed by atoms with Gasteiger partial charge in [0.2, 0.25) is 0 Å². The molecule has 5 heteroatoms. The molecule has 1 fully saturated rings. The zero-order valence-electron chi connectivity index (χ0n) is 13.1. The van der Waals surface area contributed by atoms with Gasteiger partial charge in [0.05, 0.1) is 18.2 Å². The molecule has 1 aromatic carbocycles. The number of nitrogens with two attached hydrogens (primary N) is 1. The van der Waals surface area contributed by atoms with Gasteiger partial charge in [-0.3, -0.25) is 4.99 Å². The Morgan fingerprint density at radius 2 is 2.14 bits per heavy atom. The van der Waals surface area contributed by atoms with Crippen molar-refractivity contribution in [2.24, 2.45) is 10.7 Å². The van der Waals surface area contributed by atoms with Gasteiger partial charge in [-0.15, -0.1) is 0 Å². The largest absolute Gasteiger partial charge is 0.491 e. The Kier molecular flexibility index (Phi) is 5.07. The molecular weight excluding hydrogens is 266 g/mol. The van der Waals surface area contributed by atoms with E-state index in [1.807, 2.05) is 38.1 Å². The second kappa shape index (κ2) is 6.80. The number of nitrogens with one attached hydrogen (secondary N) is 1. The summed E-state index contributed by atoms with van der Waals surface area (Å²) in [6.45, 7) is 7.48. The van der Waals surface area contributed by atoms with Gasteiger partial charge in [0.15, 0.2) is 5.96 Å². The monoisotopic (exact) mass is 291 g/mol. The van der Waals surface area contributed by atoms with Crippen LogP contribution in [0.3, 0.4) is 0 Å². The molecule has 0 bridgehead atoms. The summed E-state index contributed by atoms with van der Waals surface area (Å²) in [5, 5.41) is 3.08. The van der Waals surface area contributed by atoms with Crippen LogP contribution in [0.5, 0.6) is 5.75 Å². The maximum absolute atomic E-state index is 5.91. The highest BCUT2D eigenvalue weighted by Gasteiger charge is 2.29. The SMILES string of the molecule is CC(C)Oc1ccc(NC(N)=NCC2(C)CCCO2)cc1. The predicted octanol–water partition coefficient (Wildman–Crippen LogP) is 2.77. The third kappa shape index (κ3) is 4.93. The maximum Gasteiger partial charge on any atom is 0.193 e. The lowest BCUT2D eigenvalue weighted by atomic mass is 10.0. The molecule has 1 unspecified atom stereocenters. The number of hydrogen-bond acceptors (Lipinski definition) is 3. The summed E-state index contributed by atoms with van der Waals surface area (Å²) < 4.78 is 11.3. The average Bonchev–Trinajstić information content (AvgIpc) is 2.86. The lowest BCUT2D eigenvalue weighted by molar-refractivity contribution is 0.0284. The number of benzene rings is 1. The first-order valence-electron chi connectivity index (χ1n) is 7.44. The molecule has 116 valence electrons. The average molecular weight is 291 g/mol. The molecule has 0 spiro atoms. The molecule has 5 nitrogen and oxygen atoms in total. The Balaban J connectivity index is 1.88. The van der Waals surface area contributed by atoms with Crippen LogP contribution in [0.1, 0.15) is 33.6 Å². The molecule has 3 N–H and O–H groups in total. The molecule has 21 heavy (non-hydrogen) atoms. The van der Waals surface area contributed by atoms with Gasteiger partial charge in [-0.2, -0.15) is 0 Å². The highest BCUT2D eigenvalue weighted by Crippen LogP contribution is 2.25. The van der Waals surface area contributed by atoms with Gasteiger partial charge in [-0.05, 0) is 57.9 Å². The molecular formula is C16H25N3O2. The molecule has 1 aliphatic rings. The molecule has 0 aromatic heterocycles. The van der Waals surface area contributed by atoms with E-state index in [1.165, 1.54) is 0 Å². The predicted molar refractivity (Wildman–Crippen MR) is 85.9 cm³/mol. The van der Waals surface area contributed by atoms with Crippen LogP contribution in [0.4, 0.5) is 5.69 Å². The minimum Gasteiger partial charge on any atom is -0.491 e. The summed E-state index contributed by atoms with van der Waals surface area (Å²) in [6.07, 6.45) is 2.30. The van der Waals surface area contributed by atoms with Crippen LogP contribution >= 0.6 is 0 Å². The van der Waals surface area contributed by atoms with Crippen LogP contribution in [0, 0.1) is 0 Å². The van der Waals surface area contributed by atoms with Gasteiger partial charge in [-0.1, -0.05) is 0 Å². The summed E-state index contributed by atoms with van der Waals surface area (Å²) in [5.74, 6) is 1.25. The van der Waals surface area contributed by atoms with Crippen molar-refractivity contribution in [2.45, 2.75) is 45.3 Å². The Hall–Kier alpha value is -1.75. The van der Waals surface area contributed by atoms with Crippen molar-refractivity contribution in [1.82, 2.24) is 0 Å². The molecule has 1 aromatic rings. The first kappa shape index (κ1) is 15.6. The van der Waals surface area contributed by atoms with Crippen molar-refractivity contribution in [1.29, 1.82) is 0 Å². The normalized spacial score (nSPS) is 22.6. The number of nitrogens with zero attached hydrogens (tertiary/aromatic N) is 1. The second-order valence-corrected chi connectivity index (χ2v) is 5.92. The molecule has 1 aliphatic heterocycles. The third-order valence-electron chi connectivity index (χ3n) is 3.38. The van der Waals surface area contributed by atoms with Crippen molar-refractivity contribution < 1.29 is 9.47 Å². The van der Waals surface area contributed by atoms with E-state index < -0.39 is 0 Å². The number of hydrogen-bond donors (Lipinski definition) is 2. The number of aliphatic imine (C=N–C) groups is 1. The molecule has 0 radical (unpaired) electrons. The van der Waals surface area contributed by atoms with Gasteiger partial charge in [0, 0.05) is 12.3 Å². The Morgan fingerprint density at radius 3 is 2.71 bits per heavy atom. The van der Waals surface area contributed by atoms with Crippen molar-refractivity contribution in [2.75, 3.05) is 18.5 Å². The summed E-state index contributed by atoms with van der Waals surface area (Å²) in [7, 11) is 0. The quantitative estimate of drug-likeness (QED) is 0.646. The van der Waals surface area contributed by atoms with Crippen LogP contribution < -0.4 is 15.8 Å². The van der Waals surface area contributed by atoms with Gasteiger partial charge >= 0.3 is 0 Å². The van der Waals surface area contributed by atoms with E-state index in [0.717, 1.165) is 30.9 Å². The minimum absolute atomic E-state index is 0.165. The van der Waals surface area contributed by atoms with Crippen molar-refractivity contribution in [3.63, 3.8) is 0 Å². The van der Waals surface area contributed by atoms with Crippen LogP contribution in [-0.4, -0.2) is 30.8 Å². The fourth-order valence-electron chi connectivity index (χ4n) is 2.29. The molecule has 1 atom stereocenters. The van der Waals surface area contributed by atoms with Crippen molar-refractivity contribution in [3.05, 3.63) is 24.3 Å². The van der Waals surface area contributed by atoms with E-state index in [9.17, 15) is 0 Å². The topological polar surface area (TPSA) is 68.9 Å². The van der Waals surface area contributed by atoms with E-state index in [-0.39, 0.29) is 11.7 Å². The Bertz CT molecular complexity index is 477. The molecule has 2 rings (SSSR count). The number of guanidine groups is 1. The van der Waals surface area contributed by atoms with E-state index in [4.69, 9.17) is 15.2 Å². The summed E-state index contributed by atoms with van der Waals surface area (Å²) in [5.41, 5.74) is 6.64. The zero-order chi connectivity index (χ0) is 15.3. The van der Waals surface area contributed by atoms with Crippen LogP contribution in [0.15, 0.2) is 29.3 Å². The number of anilines is 1. The van der Waals surface area contributed by atoms with Gasteiger partial charge in [0.1, 0.15) is 5.75 Å². The Labute approximate surface area is 126 Å². The first-order valence-corrected chi connectivity index (χ1v) is 7.44. The number of ether oxygens (including phenoxy) is 2. The zero-order valence-corrected chi connectivity index (χ0v) is 13.1. The second-order valence-electron chi connectivity index (χ2n) is 5.92. The molecule has 1 heterocycles. The van der Waals surface area contributed by atoms with Crippen LogP contribution in [0.2, 0.25) is 0 Å². The smallest absolute Gasteiger partial charge is 0.193 e. The lowest BCUT2D eigenvalue weighted by Gasteiger charge is -2.20. The molecule has 1 saturated heterocycles. The van der Waals surface area contributed by atoms with E-state index in [1.54, 1.807) is 0 Å². The van der Waals surface area contributed by atoms with E-state index in [2.05, 4.69) is 17.2 Å². The third-order valence-corrected chi connectivity index (χ3v) is 3.38. The highest BCUT2D eigenvalue weighted by molar-refractivity contribution is 5.92. The molecule has 0 aliphatic carbocycles. The Morgan fingerprint density at radius 1 is 1.43 bits per heavy atom. The molecule has 0 amide bonds. The standard InChI is InChI=1S/C16H25N3O2/c1-12(2)21-14-7-5-13(6-8-14)19-15(17)18-11-16(3)9-4-10-20-16/h5-8,12H,4,9-11H2,1-3H3,(H3,17,18,19). The van der Waals surface area contributed by atoms with Gasteiger partial charge in [-0.25, -0.2) is 0 Å². The van der Waals surface area contributed by atoms with Gasteiger partial charge < -0.3 is 20.5 Å². The maximum atomic E-state index is 5.91. The highest BCUT2D eigenvalue weighted by atomic mass is 16.5. The summed E-state index contributed by atoms with van der Waals surface area (Å²) in [6, 6.07) is 7.68. The fraction of sp³-hybridized carbons (Fsp3) is 0.562. The number of rotatable bonds is 5. The van der Waals surface area contributed by atoms with Gasteiger partial charge in [0.25, 0.3) is 0 Å². The van der Waals surface area contributed by atoms with Crippen molar-refractivity contribution >= 4 is 11.6 Å². The lowest BCUT2D eigenvalue weighted by Crippen LogP contribution is -2.30. The van der Waals surface area contributed by atoms with Crippen LogP contribution in [-0.2, 0) is 4.74 Å². The summed E-state index contributed by atoms with van der Waals surface area (Å²) >= 11 is 0. The van der Waals surface area contributed by atoms with E-state index in [0.29, 0.717) is 12.5 Å². The summed E-state index contributed by atoms with van der Waals surface area (Å²) in [4.78, 5) is 4.37. The van der Waals surface area contributed by atoms with Crippen molar-refractivity contribution in [3.8, 4) is 5.75 Å². The molecule has 0 saturated carbocycles. The minimum atomic E-state index is -0.165. The van der Waals surface area contributed by atoms with E-state index >= 15 is 0 Å². The first-order chi connectivity index (χ1) is 9.97. The fourth-order valence-corrected chi connectivity index (χ4v) is 2.29. The van der Waals surface area contributed by atoms with Crippen LogP contribution in [0.25, 0.3) is 0 Å².